The highest BCUT2D eigenvalue weighted by Crippen LogP contribution is 2.18. The second-order valence-electron chi connectivity index (χ2n) is 5.99. The van der Waals surface area contributed by atoms with Crippen molar-refractivity contribution in [2.75, 3.05) is 23.4 Å². The minimum Gasteiger partial charge on any atom is -0.365 e. The molecule has 0 atom stereocenters. The highest BCUT2D eigenvalue weighted by atomic mass is 16.2. The molecule has 0 aliphatic heterocycles. The van der Waals surface area contributed by atoms with Gasteiger partial charge in [0.25, 0.3) is 0 Å². The van der Waals surface area contributed by atoms with Crippen LogP contribution in [0.15, 0.2) is 91.0 Å². The number of nitrogens with zero attached hydrogens (tertiary/aromatic N) is 2. The van der Waals surface area contributed by atoms with Crippen LogP contribution in [0, 0.1) is 0 Å². The van der Waals surface area contributed by atoms with Crippen LogP contribution in [-0.4, -0.2) is 19.5 Å². The Morgan fingerprint density at radius 2 is 1.20 bits per heavy atom. The summed E-state index contributed by atoms with van der Waals surface area (Å²) in [7, 11) is 1.94. The van der Waals surface area contributed by atoms with Crippen molar-refractivity contribution < 1.29 is 4.79 Å². The Balaban J connectivity index is 1.80. The molecule has 0 unspecified atom stereocenters. The Bertz CT molecular complexity index is 788. The van der Waals surface area contributed by atoms with Crippen molar-refractivity contribution in [3.05, 3.63) is 96.6 Å². The molecular formula is C22H22N2O. The van der Waals surface area contributed by atoms with Gasteiger partial charge in [-0.1, -0.05) is 66.7 Å². The zero-order valence-electron chi connectivity index (χ0n) is 14.4. The highest BCUT2D eigenvalue weighted by Gasteiger charge is 2.18. The standard InChI is InChI=1S/C22H22N2O/c1-23(20-13-7-3-8-14-20)18-22(25)24(21-15-9-4-10-16-21)17-19-11-5-2-6-12-19/h2-16H,17-18H2,1H3. The summed E-state index contributed by atoms with van der Waals surface area (Å²) < 4.78 is 0. The molecule has 3 heteroatoms. The van der Waals surface area contributed by atoms with Gasteiger partial charge in [0, 0.05) is 18.4 Å². The van der Waals surface area contributed by atoms with Crippen molar-refractivity contribution in [3.8, 4) is 0 Å². The lowest BCUT2D eigenvalue weighted by Gasteiger charge is -2.27. The third-order valence-electron chi connectivity index (χ3n) is 4.12. The largest absolute Gasteiger partial charge is 0.365 e. The van der Waals surface area contributed by atoms with Gasteiger partial charge < -0.3 is 9.80 Å². The van der Waals surface area contributed by atoms with E-state index in [-0.39, 0.29) is 5.91 Å². The molecule has 0 heterocycles. The first-order chi connectivity index (χ1) is 12.2. The monoisotopic (exact) mass is 330 g/mol. The molecule has 0 N–H and O–H groups in total. The van der Waals surface area contributed by atoms with Crippen molar-refractivity contribution in [1.29, 1.82) is 0 Å². The van der Waals surface area contributed by atoms with Gasteiger partial charge in [-0.2, -0.15) is 0 Å². The lowest BCUT2D eigenvalue weighted by atomic mass is 10.2. The quantitative estimate of drug-likeness (QED) is 0.670. The molecule has 1 amide bonds. The molecule has 0 aromatic heterocycles. The highest BCUT2D eigenvalue weighted by molar-refractivity contribution is 5.96. The zero-order valence-corrected chi connectivity index (χ0v) is 14.4. The fourth-order valence-electron chi connectivity index (χ4n) is 2.76. The number of anilines is 2. The van der Waals surface area contributed by atoms with Crippen LogP contribution in [0.3, 0.4) is 0 Å². The van der Waals surface area contributed by atoms with Gasteiger partial charge >= 0.3 is 0 Å². The summed E-state index contributed by atoms with van der Waals surface area (Å²) in [5.74, 6) is 0.0707. The fourth-order valence-corrected chi connectivity index (χ4v) is 2.76. The Labute approximate surface area is 149 Å². The number of hydrogen-bond acceptors (Lipinski definition) is 2. The van der Waals surface area contributed by atoms with Gasteiger partial charge in [0.05, 0.1) is 13.1 Å². The van der Waals surface area contributed by atoms with E-state index >= 15 is 0 Å². The molecule has 0 fully saturated rings. The molecule has 3 nitrogen and oxygen atoms in total. The van der Waals surface area contributed by atoms with Crippen molar-refractivity contribution in [1.82, 2.24) is 0 Å². The Morgan fingerprint density at radius 3 is 1.76 bits per heavy atom. The molecular weight excluding hydrogens is 308 g/mol. The summed E-state index contributed by atoms with van der Waals surface area (Å²) in [5.41, 5.74) is 3.06. The van der Waals surface area contributed by atoms with Crippen LogP contribution < -0.4 is 9.80 Å². The van der Waals surface area contributed by atoms with Crippen LogP contribution in [0.1, 0.15) is 5.56 Å². The van der Waals surface area contributed by atoms with E-state index in [0.29, 0.717) is 13.1 Å². The molecule has 0 aliphatic rings. The van der Waals surface area contributed by atoms with Crippen molar-refractivity contribution in [2.24, 2.45) is 0 Å². The van der Waals surface area contributed by atoms with E-state index in [2.05, 4.69) is 0 Å². The van der Waals surface area contributed by atoms with Crippen molar-refractivity contribution >= 4 is 17.3 Å². The van der Waals surface area contributed by atoms with Crippen molar-refractivity contribution in [3.63, 3.8) is 0 Å². The van der Waals surface area contributed by atoms with Gasteiger partial charge in [0.15, 0.2) is 0 Å². The Morgan fingerprint density at radius 1 is 0.720 bits per heavy atom. The predicted octanol–water partition coefficient (Wildman–Crippen LogP) is 4.36. The average molecular weight is 330 g/mol. The second kappa shape index (κ2) is 8.15. The summed E-state index contributed by atoms with van der Waals surface area (Å²) >= 11 is 0. The first-order valence-electron chi connectivity index (χ1n) is 8.39. The van der Waals surface area contributed by atoms with E-state index in [1.807, 2.05) is 108 Å². The number of amides is 1. The van der Waals surface area contributed by atoms with Gasteiger partial charge in [-0.3, -0.25) is 4.79 Å². The third kappa shape index (κ3) is 4.48. The zero-order chi connectivity index (χ0) is 17.5. The Kier molecular flexibility index (Phi) is 5.47. The fraction of sp³-hybridized carbons (Fsp3) is 0.136. The van der Waals surface area contributed by atoms with E-state index in [1.54, 1.807) is 0 Å². The molecule has 0 bridgehead atoms. The van der Waals surface area contributed by atoms with Gasteiger partial charge in [-0.25, -0.2) is 0 Å². The topological polar surface area (TPSA) is 23.6 Å². The molecule has 25 heavy (non-hydrogen) atoms. The minimum atomic E-state index is 0.0707. The maximum absolute atomic E-state index is 13.0. The summed E-state index contributed by atoms with van der Waals surface area (Å²) in [6, 6.07) is 29.9. The maximum atomic E-state index is 13.0. The van der Waals surface area contributed by atoms with Gasteiger partial charge in [0.1, 0.15) is 0 Å². The van der Waals surface area contributed by atoms with Gasteiger partial charge in [-0.05, 0) is 29.8 Å². The molecule has 0 aliphatic carbocycles. The summed E-state index contributed by atoms with van der Waals surface area (Å²) in [6.45, 7) is 0.887. The van der Waals surface area contributed by atoms with Gasteiger partial charge in [-0.15, -0.1) is 0 Å². The minimum absolute atomic E-state index is 0.0707. The van der Waals surface area contributed by atoms with Crippen LogP contribution >= 0.6 is 0 Å². The van der Waals surface area contributed by atoms with E-state index in [9.17, 15) is 4.79 Å². The van der Waals surface area contributed by atoms with Crippen molar-refractivity contribution in [2.45, 2.75) is 6.54 Å². The summed E-state index contributed by atoms with van der Waals surface area (Å²) in [5, 5.41) is 0. The van der Waals surface area contributed by atoms with E-state index in [0.717, 1.165) is 16.9 Å². The molecule has 3 rings (SSSR count). The third-order valence-corrected chi connectivity index (χ3v) is 4.12. The number of para-hydroxylation sites is 2. The predicted molar refractivity (Wildman–Crippen MR) is 104 cm³/mol. The van der Waals surface area contributed by atoms with Crippen LogP contribution in [0.2, 0.25) is 0 Å². The second-order valence-corrected chi connectivity index (χ2v) is 5.99. The summed E-state index contributed by atoms with van der Waals surface area (Å²) in [6.07, 6.45) is 0. The van der Waals surface area contributed by atoms with Crippen LogP contribution in [0.4, 0.5) is 11.4 Å². The van der Waals surface area contributed by atoms with E-state index < -0.39 is 0 Å². The average Bonchev–Trinajstić information content (AvgIpc) is 2.68. The number of hydrogen-bond donors (Lipinski definition) is 0. The Hall–Kier alpha value is -3.07. The molecule has 0 saturated carbocycles. The van der Waals surface area contributed by atoms with Crippen LogP contribution in [0.25, 0.3) is 0 Å². The smallest absolute Gasteiger partial charge is 0.246 e. The lowest BCUT2D eigenvalue weighted by Crippen LogP contribution is -2.38. The maximum Gasteiger partial charge on any atom is 0.246 e. The molecule has 0 saturated heterocycles. The molecule has 3 aromatic carbocycles. The first kappa shape index (κ1) is 16.8. The van der Waals surface area contributed by atoms with Crippen LogP contribution in [0.5, 0.6) is 0 Å². The summed E-state index contributed by atoms with van der Waals surface area (Å²) in [4.78, 5) is 16.8. The number of rotatable bonds is 6. The SMILES string of the molecule is CN(CC(=O)N(Cc1ccccc1)c1ccccc1)c1ccccc1. The van der Waals surface area contributed by atoms with E-state index in [1.165, 1.54) is 0 Å². The number of likely N-dealkylation sites (N-methyl/N-ethyl adjacent to an activating group) is 1. The molecule has 3 aromatic rings. The normalized spacial score (nSPS) is 10.3. The number of carbonyl (C=O) groups is 1. The molecule has 126 valence electrons. The number of carbonyl (C=O) groups excluding carboxylic acids is 1. The molecule has 0 spiro atoms. The first-order valence-corrected chi connectivity index (χ1v) is 8.39. The lowest BCUT2D eigenvalue weighted by molar-refractivity contribution is -0.117. The van der Waals surface area contributed by atoms with Crippen LogP contribution in [-0.2, 0) is 11.3 Å². The molecule has 0 radical (unpaired) electrons. The van der Waals surface area contributed by atoms with Gasteiger partial charge in [0.2, 0.25) is 5.91 Å². The number of benzene rings is 3. The van der Waals surface area contributed by atoms with E-state index in [4.69, 9.17) is 0 Å².